The van der Waals surface area contributed by atoms with E-state index in [4.69, 9.17) is 14.2 Å². The van der Waals surface area contributed by atoms with E-state index in [1.807, 2.05) is 50.2 Å². The number of amides is 1. The first-order valence-electron chi connectivity index (χ1n) is 12.2. The van der Waals surface area contributed by atoms with E-state index in [9.17, 15) is 14.7 Å². The number of ether oxygens (including phenoxy) is 3. The maximum Gasteiger partial charge on any atom is 0.295 e. The summed E-state index contributed by atoms with van der Waals surface area (Å²) in [6.45, 7) is 10.7. The van der Waals surface area contributed by atoms with E-state index in [1.54, 1.807) is 13.2 Å². The molecule has 1 saturated heterocycles. The summed E-state index contributed by atoms with van der Waals surface area (Å²) in [7, 11) is 3.10. The molecule has 1 N–H and O–H groups in total. The van der Waals surface area contributed by atoms with E-state index in [1.165, 1.54) is 12.0 Å². The number of rotatable bonds is 9. The average Bonchev–Trinajstić information content (AvgIpc) is 3.07. The predicted octanol–water partition coefficient (Wildman–Crippen LogP) is 5.24. The fourth-order valence-electron chi connectivity index (χ4n) is 4.39. The van der Waals surface area contributed by atoms with Gasteiger partial charge in [-0.15, -0.1) is 0 Å². The Morgan fingerprint density at radius 1 is 1.06 bits per heavy atom. The Morgan fingerprint density at radius 2 is 1.75 bits per heavy atom. The molecule has 7 nitrogen and oxygen atoms in total. The molecule has 1 atom stereocenters. The highest BCUT2D eigenvalue weighted by atomic mass is 16.5. The molecule has 194 valence electrons. The van der Waals surface area contributed by atoms with Gasteiger partial charge < -0.3 is 24.2 Å². The van der Waals surface area contributed by atoms with Gasteiger partial charge in [-0.05, 0) is 49.4 Å². The monoisotopic (exact) mass is 495 g/mol. The van der Waals surface area contributed by atoms with Crippen molar-refractivity contribution in [2.24, 2.45) is 0 Å². The quantitative estimate of drug-likeness (QED) is 0.222. The van der Waals surface area contributed by atoms with Gasteiger partial charge in [0.05, 0.1) is 30.4 Å². The molecule has 2 aromatic rings. The molecule has 0 aromatic heterocycles. The third-order valence-electron chi connectivity index (χ3n) is 6.18. The van der Waals surface area contributed by atoms with Gasteiger partial charge in [0.25, 0.3) is 11.7 Å². The minimum Gasteiger partial charge on any atom is -0.507 e. The van der Waals surface area contributed by atoms with Crippen LogP contribution in [0.3, 0.4) is 0 Å². The average molecular weight is 496 g/mol. The molecule has 1 unspecified atom stereocenters. The number of carbonyl (C=O) groups is 2. The highest BCUT2D eigenvalue weighted by molar-refractivity contribution is 6.46. The van der Waals surface area contributed by atoms with Gasteiger partial charge in [0, 0.05) is 25.8 Å². The summed E-state index contributed by atoms with van der Waals surface area (Å²) in [5.41, 5.74) is 1.77. The third-order valence-corrected chi connectivity index (χ3v) is 6.18. The Hall–Kier alpha value is -3.32. The minimum atomic E-state index is -0.820. The van der Waals surface area contributed by atoms with Crippen molar-refractivity contribution in [3.63, 3.8) is 0 Å². The van der Waals surface area contributed by atoms with E-state index >= 15 is 0 Å². The van der Waals surface area contributed by atoms with Crippen LogP contribution in [0.25, 0.3) is 5.76 Å². The molecule has 0 radical (unpaired) electrons. The second-order valence-corrected chi connectivity index (χ2v) is 10.2. The fourth-order valence-corrected chi connectivity index (χ4v) is 4.39. The Balaban J connectivity index is 2.28. The highest BCUT2D eigenvalue weighted by Gasteiger charge is 2.47. The molecule has 3 rings (SSSR count). The Bertz CT molecular complexity index is 1140. The zero-order chi connectivity index (χ0) is 26.6. The Morgan fingerprint density at radius 3 is 2.36 bits per heavy atom. The van der Waals surface area contributed by atoms with Gasteiger partial charge in [-0.3, -0.25) is 9.59 Å². The molecular weight excluding hydrogens is 458 g/mol. The number of methoxy groups -OCH3 is 2. The second-order valence-electron chi connectivity index (χ2n) is 10.2. The molecule has 0 aliphatic carbocycles. The van der Waals surface area contributed by atoms with Crippen molar-refractivity contribution in [2.75, 3.05) is 27.4 Å². The first-order valence-corrected chi connectivity index (χ1v) is 12.2. The molecule has 1 heterocycles. The molecule has 2 aromatic carbocycles. The summed E-state index contributed by atoms with van der Waals surface area (Å²) in [4.78, 5) is 28.2. The van der Waals surface area contributed by atoms with Crippen LogP contribution in [0.1, 0.15) is 63.8 Å². The minimum absolute atomic E-state index is 0.0154. The smallest absolute Gasteiger partial charge is 0.295 e. The van der Waals surface area contributed by atoms with Gasteiger partial charge in [-0.1, -0.05) is 45.0 Å². The zero-order valence-electron chi connectivity index (χ0n) is 22.3. The summed E-state index contributed by atoms with van der Waals surface area (Å²) in [5.74, 6) is -0.704. The number of ketones is 1. The van der Waals surface area contributed by atoms with Crippen molar-refractivity contribution in [3.8, 4) is 11.5 Å². The number of likely N-dealkylation sites (tertiary alicyclic amines) is 1. The molecule has 36 heavy (non-hydrogen) atoms. The van der Waals surface area contributed by atoms with Gasteiger partial charge in [0.15, 0.2) is 0 Å². The van der Waals surface area contributed by atoms with Gasteiger partial charge >= 0.3 is 0 Å². The number of aliphatic hydroxyl groups excluding tert-OH is 1. The second kappa shape index (κ2) is 11.2. The summed E-state index contributed by atoms with van der Waals surface area (Å²) in [5, 5.41) is 11.6. The maximum atomic E-state index is 13.4. The Labute approximate surface area is 213 Å². The number of hydrogen-bond acceptors (Lipinski definition) is 6. The predicted molar refractivity (Wildman–Crippen MR) is 139 cm³/mol. The van der Waals surface area contributed by atoms with Crippen molar-refractivity contribution in [3.05, 3.63) is 64.7 Å². The first-order chi connectivity index (χ1) is 17.0. The molecule has 1 aliphatic heterocycles. The van der Waals surface area contributed by atoms with E-state index in [-0.39, 0.29) is 29.4 Å². The standard InChI is InChI=1S/C29H37NO6/c1-18(2)36-23-12-9-8-11-20(23)25-24(27(32)28(33)30(25)15-10-16-34-6)26(31)21-17-19(29(3,4)5)13-14-22(21)35-7/h8-9,11-14,17-18,25,31H,10,15-16H2,1-7H3/b26-24+. The van der Waals surface area contributed by atoms with Gasteiger partial charge in [0.1, 0.15) is 17.3 Å². The van der Waals surface area contributed by atoms with E-state index < -0.39 is 17.7 Å². The van der Waals surface area contributed by atoms with E-state index in [2.05, 4.69) is 20.8 Å². The van der Waals surface area contributed by atoms with Crippen LogP contribution >= 0.6 is 0 Å². The number of aliphatic hydroxyl groups is 1. The van der Waals surface area contributed by atoms with Crippen LogP contribution < -0.4 is 9.47 Å². The number of carbonyl (C=O) groups excluding carboxylic acids is 2. The number of hydrogen-bond donors (Lipinski definition) is 1. The van der Waals surface area contributed by atoms with Gasteiger partial charge in [-0.25, -0.2) is 0 Å². The molecule has 0 bridgehead atoms. The molecule has 1 aliphatic rings. The number of nitrogens with zero attached hydrogens (tertiary/aromatic N) is 1. The zero-order valence-corrected chi connectivity index (χ0v) is 22.3. The van der Waals surface area contributed by atoms with Crippen LogP contribution in [0, 0.1) is 0 Å². The van der Waals surface area contributed by atoms with Crippen molar-refractivity contribution >= 4 is 17.4 Å². The van der Waals surface area contributed by atoms with Crippen LogP contribution in [0.2, 0.25) is 0 Å². The molecule has 1 amide bonds. The summed E-state index contributed by atoms with van der Waals surface area (Å²) >= 11 is 0. The number of para-hydroxylation sites is 1. The van der Waals surface area contributed by atoms with Crippen LogP contribution in [-0.2, 0) is 19.7 Å². The Kier molecular flexibility index (Phi) is 8.46. The van der Waals surface area contributed by atoms with Crippen LogP contribution in [0.15, 0.2) is 48.0 Å². The molecule has 0 saturated carbocycles. The largest absolute Gasteiger partial charge is 0.507 e. The SMILES string of the molecule is COCCCN1C(=O)C(=O)/C(=C(/O)c2cc(C(C)(C)C)ccc2OC)C1c1ccccc1OC(C)C. The molecule has 0 spiro atoms. The fraction of sp³-hybridized carbons (Fsp3) is 0.448. The summed E-state index contributed by atoms with van der Waals surface area (Å²) < 4.78 is 16.8. The maximum absolute atomic E-state index is 13.4. The van der Waals surface area contributed by atoms with Crippen molar-refractivity contribution in [1.82, 2.24) is 4.90 Å². The lowest BCUT2D eigenvalue weighted by atomic mass is 9.85. The highest BCUT2D eigenvalue weighted by Crippen LogP contribution is 2.44. The summed E-state index contributed by atoms with van der Waals surface area (Å²) in [6, 6.07) is 12.0. The van der Waals surface area contributed by atoms with E-state index in [0.717, 1.165) is 5.56 Å². The molecular formula is C29H37NO6. The third kappa shape index (κ3) is 5.57. The molecule has 1 fully saturated rings. The van der Waals surface area contributed by atoms with Crippen molar-refractivity contribution in [2.45, 2.75) is 58.6 Å². The number of benzene rings is 2. The van der Waals surface area contributed by atoms with Gasteiger partial charge in [-0.2, -0.15) is 0 Å². The van der Waals surface area contributed by atoms with Crippen molar-refractivity contribution < 1.29 is 28.9 Å². The van der Waals surface area contributed by atoms with Crippen molar-refractivity contribution in [1.29, 1.82) is 0 Å². The van der Waals surface area contributed by atoms with Crippen LogP contribution in [-0.4, -0.2) is 55.2 Å². The summed E-state index contributed by atoms with van der Waals surface area (Å²) in [6.07, 6.45) is 0.418. The van der Waals surface area contributed by atoms with Gasteiger partial charge in [0.2, 0.25) is 0 Å². The van der Waals surface area contributed by atoms with E-state index in [0.29, 0.717) is 35.7 Å². The normalized spacial score (nSPS) is 17.7. The lowest BCUT2D eigenvalue weighted by molar-refractivity contribution is -0.140. The molecule has 7 heteroatoms. The van der Waals surface area contributed by atoms with Crippen LogP contribution in [0.4, 0.5) is 0 Å². The lowest BCUT2D eigenvalue weighted by Crippen LogP contribution is -2.31. The first kappa shape index (κ1) is 27.3. The number of Topliss-reactive ketones (excluding diaryl/α,β-unsaturated/α-hetero) is 1. The lowest BCUT2D eigenvalue weighted by Gasteiger charge is -2.27. The topological polar surface area (TPSA) is 85.3 Å². The van der Waals surface area contributed by atoms with Crippen LogP contribution in [0.5, 0.6) is 11.5 Å².